The third-order valence-corrected chi connectivity index (χ3v) is 8.63. The van der Waals surface area contributed by atoms with Crippen LogP contribution < -0.4 is 0 Å². The second-order valence-corrected chi connectivity index (χ2v) is 16.3. The van der Waals surface area contributed by atoms with E-state index in [-0.39, 0.29) is 22.3 Å². The third-order valence-electron chi connectivity index (χ3n) is 7.58. The van der Waals surface area contributed by atoms with Gasteiger partial charge >= 0.3 is 0 Å². The van der Waals surface area contributed by atoms with E-state index < -0.39 is 8.32 Å². The van der Waals surface area contributed by atoms with Crippen molar-refractivity contribution in [1.29, 1.82) is 0 Å². The van der Waals surface area contributed by atoms with Crippen LogP contribution in [0.25, 0.3) is 0 Å². The van der Waals surface area contributed by atoms with Gasteiger partial charge < -0.3 is 9.16 Å². The molecule has 3 atom stereocenters. The number of Topliss-reactive ketones (excluding diaryl/α,β-unsaturated/α-hetero) is 1. The molecule has 0 aromatic rings. The van der Waals surface area contributed by atoms with Crippen LogP contribution in [0.2, 0.25) is 19.6 Å². The summed E-state index contributed by atoms with van der Waals surface area (Å²) < 4.78 is 13.2. The molecule has 0 heterocycles. The fourth-order valence-corrected chi connectivity index (χ4v) is 8.34. The lowest BCUT2D eigenvalue weighted by molar-refractivity contribution is -0.132. The second kappa shape index (κ2) is 9.52. The largest absolute Gasteiger partial charge is 0.410 e. The summed E-state index contributed by atoms with van der Waals surface area (Å²) in [4.78, 5) is 12.5. The van der Waals surface area contributed by atoms with Gasteiger partial charge in [0.1, 0.15) is 5.78 Å². The average molecular weight is 425 g/mol. The Morgan fingerprint density at radius 3 is 2.24 bits per heavy atom. The van der Waals surface area contributed by atoms with Crippen molar-refractivity contribution in [3.8, 4) is 0 Å². The lowest BCUT2D eigenvalue weighted by Gasteiger charge is -2.47. The first-order chi connectivity index (χ1) is 13.4. The SMILES string of the molecule is CCCC(CCC)(COCC(C)(C)[C@H]1CCC2C(=O)CCCC21C)O[Si](C)(C)C. The van der Waals surface area contributed by atoms with E-state index in [4.69, 9.17) is 9.16 Å². The fraction of sp³-hybridized carbons (Fsp3) is 0.960. The quantitative estimate of drug-likeness (QED) is 0.335. The van der Waals surface area contributed by atoms with E-state index in [1.807, 2.05) is 0 Å². The molecule has 0 aromatic heterocycles. The molecule has 3 nitrogen and oxygen atoms in total. The van der Waals surface area contributed by atoms with Crippen molar-refractivity contribution >= 4 is 14.1 Å². The molecule has 0 amide bonds. The van der Waals surface area contributed by atoms with E-state index in [1.165, 1.54) is 12.8 Å². The Hall–Kier alpha value is -0.193. The van der Waals surface area contributed by atoms with Gasteiger partial charge in [-0.25, -0.2) is 0 Å². The van der Waals surface area contributed by atoms with Crippen LogP contribution >= 0.6 is 0 Å². The van der Waals surface area contributed by atoms with Crippen LogP contribution in [0.1, 0.15) is 92.4 Å². The molecule has 0 radical (unpaired) electrons. The Bertz CT molecular complexity index is 545. The van der Waals surface area contributed by atoms with Crippen molar-refractivity contribution in [3.05, 3.63) is 0 Å². The topological polar surface area (TPSA) is 35.5 Å². The Kier molecular flexibility index (Phi) is 8.23. The molecule has 0 aliphatic heterocycles. The van der Waals surface area contributed by atoms with Gasteiger partial charge in [-0.05, 0) is 74.9 Å². The standard InChI is InChI=1S/C25H48O3Si/c1-9-15-25(16-10-2,28-29(6,7)8)19-27-18-23(3,4)22-14-13-20-21(26)12-11-17-24(20,22)5/h20,22H,9-19H2,1-8H3/t20?,22-,24?/m1/s1. The van der Waals surface area contributed by atoms with Crippen LogP contribution in [-0.2, 0) is 14.0 Å². The van der Waals surface area contributed by atoms with E-state index in [0.717, 1.165) is 51.6 Å². The molecular weight excluding hydrogens is 376 g/mol. The summed E-state index contributed by atoms with van der Waals surface area (Å²) in [7, 11) is -1.65. The molecule has 0 spiro atoms. The Morgan fingerprint density at radius 1 is 1.07 bits per heavy atom. The molecule has 4 heteroatoms. The maximum absolute atomic E-state index is 12.5. The third kappa shape index (κ3) is 5.95. The highest BCUT2D eigenvalue weighted by Gasteiger charge is 2.55. The monoisotopic (exact) mass is 424 g/mol. The first kappa shape index (κ1) is 25.1. The zero-order chi connectivity index (χ0) is 21.9. The highest BCUT2D eigenvalue weighted by molar-refractivity contribution is 6.69. The first-order valence-corrected chi connectivity index (χ1v) is 15.6. The van der Waals surface area contributed by atoms with Crippen molar-refractivity contribution in [3.63, 3.8) is 0 Å². The van der Waals surface area contributed by atoms with Gasteiger partial charge in [-0.1, -0.05) is 47.5 Å². The molecule has 2 unspecified atom stereocenters. The number of ketones is 1. The van der Waals surface area contributed by atoms with Gasteiger partial charge in [0.2, 0.25) is 0 Å². The minimum atomic E-state index is -1.65. The lowest BCUT2D eigenvalue weighted by atomic mass is 9.58. The summed E-state index contributed by atoms with van der Waals surface area (Å²) in [6.07, 6.45) is 9.72. The van der Waals surface area contributed by atoms with Crippen molar-refractivity contribution < 1.29 is 14.0 Å². The van der Waals surface area contributed by atoms with Gasteiger partial charge in [0, 0.05) is 12.3 Å². The van der Waals surface area contributed by atoms with E-state index in [9.17, 15) is 4.79 Å². The molecule has 2 fully saturated rings. The normalized spacial score (nSPS) is 28.6. The van der Waals surface area contributed by atoms with Crippen molar-refractivity contribution in [2.24, 2.45) is 22.7 Å². The van der Waals surface area contributed by atoms with Gasteiger partial charge in [0.15, 0.2) is 8.32 Å². The summed E-state index contributed by atoms with van der Waals surface area (Å²) in [5.74, 6) is 1.37. The van der Waals surface area contributed by atoms with Crippen molar-refractivity contribution in [1.82, 2.24) is 0 Å². The van der Waals surface area contributed by atoms with Crippen LogP contribution in [0, 0.1) is 22.7 Å². The minimum absolute atomic E-state index is 0.0877. The predicted octanol–water partition coefficient (Wildman–Crippen LogP) is 7.01. The predicted molar refractivity (Wildman–Crippen MR) is 125 cm³/mol. The van der Waals surface area contributed by atoms with Crippen LogP contribution in [0.15, 0.2) is 0 Å². The van der Waals surface area contributed by atoms with Crippen LogP contribution in [0.3, 0.4) is 0 Å². The molecule has 0 N–H and O–H groups in total. The van der Waals surface area contributed by atoms with E-state index in [2.05, 4.69) is 54.3 Å². The van der Waals surface area contributed by atoms with Crippen LogP contribution in [-0.4, -0.2) is 32.9 Å². The van der Waals surface area contributed by atoms with Gasteiger partial charge in [0.05, 0.1) is 18.8 Å². The maximum atomic E-state index is 12.5. The van der Waals surface area contributed by atoms with E-state index in [0.29, 0.717) is 18.3 Å². The molecule has 170 valence electrons. The highest BCUT2D eigenvalue weighted by Crippen LogP contribution is 2.59. The summed E-state index contributed by atoms with van der Waals surface area (Å²) in [6, 6.07) is 0. The molecule has 2 saturated carbocycles. The average Bonchev–Trinajstić information content (AvgIpc) is 2.93. The summed E-state index contributed by atoms with van der Waals surface area (Å²) in [5.41, 5.74) is 0.123. The fourth-order valence-electron chi connectivity index (χ4n) is 6.78. The molecule has 2 rings (SSSR count). The van der Waals surface area contributed by atoms with Crippen LogP contribution in [0.5, 0.6) is 0 Å². The van der Waals surface area contributed by atoms with Gasteiger partial charge in [0.25, 0.3) is 0 Å². The second-order valence-electron chi connectivity index (χ2n) is 11.9. The van der Waals surface area contributed by atoms with Gasteiger partial charge in [-0.2, -0.15) is 0 Å². The molecule has 0 saturated heterocycles. The number of rotatable bonds is 11. The first-order valence-electron chi connectivity index (χ1n) is 12.2. The summed E-state index contributed by atoms with van der Waals surface area (Å²) in [5, 5.41) is 0. The maximum Gasteiger partial charge on any atom is 0.184 e. The summed E-state index contributed by atoms with van der Waals surface area (Å²) >= 11 is 0. The van der Waals surface area contributed by atoms with E-state index in [1.54, 1.807) is 0 Å². The zero-order valence-electron chi connectivity index (χ0n) is 20.7. The Morgan fingerprint density at radius 2 is 1.69 bits per heavy atom. The number of carbonyl (C=O) groups excluding carboxylic acids is 1. The molecule has 2 aliphatic rings. The number of ether oxygens (including phenoxy) is 1. The number of carbonyl (C=O) groups is 1. The highest BCUT2D eigenvalue weighted by atomic mass is 28.4. The number of fused-ring (bicyclic) bond motifs is 1. The van der Waals surface area contributed by atoms with Crippen LogP contribution in [0.4, 0.5) is 0 Å². The molecular formula is C25H48O3Si. The van der Waals surface area contributed by atoms with Gasteiger partial charge in [-0.3, -0.25) is 4.79 Å². The molecule has 29 heavy (non-hydrogen) atoms. The lowest BCUT2D eigenvalue weighted by Crippen LogP contribution is -2.48. The smallest absolute Gasteiger partial charge is 0.184 e. The number of hydrogen-bond donors (Lipinski definition) is 0. The summed E-state index contributed by atoms with van der Waals surface area (Å²) in [6.45, 7) is 20.0. The number of hydrogen-bond acceptors (Lipinski definition) is 3. The van der Waals surface area contributed by atoms with Crippen molar-refractivity contribution in [2.45, 2.75) is 118 Å². The van der Waals surface area contributed by atoms with Gasteiger partial charge in [-0.15, -0.1) is 0 Å². The minimum Gasteiger partial charge on any atom is -0.410 e. The molecule has 2 aliphatic carbocycles. The Balaban J connectivity index is 2.07. The zero-order valence-corrected chi connectivity index (χ0v) is 21.7. The molecule has 0 aromatic carbocycles. The van der Waals surface area contributed by atoms with Crippen molar-refractivity contribution in [2.75, 3.05) is 13.2 Å². The molecule has 0 bridgehead atoms. The Labute approximate surface area is 181 Å². The van der Waals surface area contributed by atoms with E-state index >= 15 is 0 Å².